The van der Waals surface area contributed by atoms with E-state index in [-0.39, 0.29) is 5.91 Å². The van der Waals surface area contributed by atoms with Gasteiger partial charge in [0, 0.05) is 11.3 Å². The number of hydrogen-bond donors (Lipinski definition) is 2. The van der Waals surface area contributed by atoms with Crippen LogP contribution in [0.5, 0.6) is 0 Å². The Morgan fingerprint density at radius 3 is 2.80 bits per heavy atom. The van der Waals surface area contributed by atoms with E-state index < -0.39 is 0 Å². The van der Waals surface area contributed by atoms with Crippen molar-refractivity contribution in [2.24, 2.45) is 5.10 Å². The SMILES string of the molecule is C/C(=N\NC(=O)c1n[nH]c2c1CCCC2)c1ccc2ccccc2c1. The maximum Gasteiger partial charge on any atom is 0.292 e. The Labute approximate surface area is 146 Å². The average Bonchev–Trinajstić information content (AvgIpc) is 3.09. The summed E-state index contributed by atoms with van der Waals surface area (Å²) in [5.74, 6) is -0.250. The first kappa shape index (κ1) is 15.6. The number of benzene rings is 2. The van der Waals surface area contributed by atoms with Crippen LogP contribution in [0.2, 0.25) is 0 Å². The molecule has 0 saturated heterocycles. The quantitative estimate of drug-likeness (QED) is 0.568. The predicted molar refractivity (Wildman–Crippen MR) is 98.9 cm³/mol. The molecule has 0 saturated carbocycles. The molecule has 1 aliphatic rings. The van der Waals surface area contributed by atoms with Crippen LogP contribution in [-0.2, 0) is 12.8 Å². The first-order valence-electron chi connectivity index (χ1n) is 8.62. The Hall–Kier alpha value is -2.95. The van der Waals surface area contributed by atoms with Crippen LogP contribution in [0.4, 0.5) is 0 Å². The number of amides is 1. The van der Waals surface area contributed by atoms with Gasteiger partial charge in [0.25, 0.3) is 5.91 Å². The van der Waals surface area contributed by atoms with Crippen molar-refractivity contribution >= 4 is 22.4 Å². The summed E-state index contributed by atoms with van der Waals surface area (Å²) < 4.78 is 0. The number of hydrazone groups is 1. The van der Waals surface area contributed by atoms with Gasteiger partial charge in [0.1, 0.15) is 0 Å². The standard InChI is InChI=1S/C20H20N4O/c1-13(15-11-10-14-6-2-3-7-16(14)12-15)21-24-20(25)19-17-8-4-5-9-18(17)22-23-19/h2-3,6-7,10-12H,4-5,8-9H2,1H3,(H,22,23)(H,24,25)/b21-13+. The number of H-pyrrole nitrogens is 1. The summed E-state index contributed by atoms with van der Waals surface area (Å²) in [6.07, 6.45) is 4.12. The molecular formula is C20H20N4O. The zero-order valence-corrected chi connectivity index (χ0v) is 14.2. The molecule has 0 aliphatic heterocycles. The maximum absolute atomic E-state index is 12.4. The molecule has 0 spiro atoms. The predicted octanol–water partition coefficient (Wildman–Crippen LogP) is 3.60. The van der Waals surface area contributed by atoms with Crippen LogP contribution in [0.3, 0.4) is 0 Å². The van der Waals surface area contributed by atoms with Crippen molar-refractivity contribution in [2.75, 3.05) is 0 Å². The van der Waals surface area contributed by atoms with Crippen molar-refractivity contribution in [3.05, 3.63) is 65.0 Å². The number of nitrogens with zero attached hydrogens (tertiary/aromatic N) is 2. The van der Waals surface area contributed by atoms with Gasteiger partial charge in [-0.05, 0) is 55.0 Å². The van der Waals surface area contributed by atoms with Crippen LogP contribution < -0.4 is 5.43 Å². The zero-order valence-electron chi connectivity index (χ0n) is 14.2. The number of carbonyl (C=O) groups excluding carboxylic acids is 1. The number of nitrogens with one attached hydrogen (secondary N) is 2. The second kappa shape index (κ2) is 6.51. The molecule has 25 heavy (non-hydrogen) atoms. The van der Waals surface area contributed by atoms with Crippen LogP contribution in [0.1, 0.15) is 47.1 Å². The summed E-state index contributed by atoms with van der Waals surface area (Å²) >= 11 is 0. The second-order valence-corrected chi connectivity index (χ2v) is 6.44. The van der Waals surface area contributed by atoms with Crippen molar-refractivity contribution in [2.45, 2.75) is 32.6 Å². The van der Waals surface area contributed by atoms with E-state index in [2.05, 4.69) is 45.0 Å². The van der Waals surface area contributed by atoms with Gasteiger partial charge < -0.3 is 0 Å². The smallest absolute Gasteiger partial charge is 0.281 e. The van der Waals surface area contributed by atoms with Crippen molar-refractivity contribution in [3.8, 4) is 0 Å². The lowest BCUT2D eigenvalue weighted by molar-refractivity contribution is 0.0949. The molecule has 1 aliphatic carbocycles. The van der Waals surface area contributed by atoms with Gasteiger partial charge in [-0.15, -0.1) is 0 Å². The van der Waals surface area contributed by atoms with Crippen LogP contribution in [0, 0.1) is 0 Å². The first-order valence-corrected chi connectivity index (χ1v) is 8.62. The number of fused-ring (bicyclic) bond motifs is 2. The van der Waals surface area contributed by atoms with Gasteiger partial charge in [-0.3, -0.25) is 9.89 Å². The van der Waals surface area contributed by atoms with Crippen molar-refractivity contribution < 1.29 is 4.79 Å². The number of aryl methyl sites for hydroxylation is 1. The van der Waals surface area contributed by atoms with E-state index in [0.717, 1.165) is 53.6 Å². The number of rotatable bonds is 3. The minimum Gasteiger partial charge on any atom is -0.281 e. The van der Waals surface area contributed by atoms with Gasteiger partial charge >= 0.3 is 0 Å². The van der Waals surface area contributed by atoms with E-state index in [0.29, 0.717) is 5.69 Å². The van der Waals surface area contributed by atoms with Crippen molar-refractivity contribution in [3.63, 3.8) is 0 Å². The number of aromatic nitrogens is 2. The van der Waals surface area contributed by atoms with Gasteiger partial charge in [0.15, 0.2) is 5.69 Å². The largest absolute Gasteiger partial charge is 0.292 e. The number of aromatic amines is 1. The van der Waals surface area contributed by atoms with Crippen LogP contribution in [0.15, 0.2) is 47.6 Å². The normalized spacial score (nSPS) is 14.4. The minimum atomic E-state index is -0.250. The van der Waals surface area contributed by atoms with E-state index in [4.69, 9.17) is 0 Å². The van der Waals surface area contributed by atoms with Crippen molar-refractivity contribution in [1.82, 2.24) is 15.6 Å². The molecule has 5 heteroatoms. The number of carbonyl (C=O) groups is 1. The lowest BCUT2D eigenvalue weighted by atomic mass is 9.96. The third kappa shape index (κ3) is 3.05. The molecule has 0 fully saturated rings. The van der Waals surface area contributed by atoms with Gasteiger partial charge in [0.05, 0.1) is 5.71 Å². The molecular weight excluding hydrogens is 312 g/mol. The topological polar surface area (TPSA) is 70.1 Å². The van der Waals surface area contributed by atoms with Gasteiger partial charge in [-0.2, -0.15) is 10.2 Å². The molecule has 0 unspecified atom stereocenters. The Kier molecular flexibility index (Phi) is 4.06. The molecule has 4 rings (SSSR count). The highest BCUT2D eigenvalue weighted by Crippen LogP contribution is 2.22. The average molecular weight is 332 g/mol. The fraction of sp³-hybridized carbons (Fsp3) is 0.250. The van der Waals surface area contributed by atoms with Gasteiger partial charge in [0.2, 0.25) is 0 Å². The fourth-order valence-corrected chi connectivity index (χ4v) is 3.34. The molecule has 3 aromatic rings. The lowest BCUT2D eigenvalue weighted by Gasteiger charge is -2.10. The third-order valence-electron chi connectivity index (χ3n) is 4.76. The lowest BCUT2D eigenvalue weighted by Crippen LogP contribution is -2.21. The molecule has 1 amide bonds. The van der Waals surface area contributed by atoms with E-state index in [1.54, 1.807) is 0 Å². The summed E-state index contributed by atoms with van der Waals surface area (Å²) in [6, 6.07) is 14.3. The Morgan fingerprint density at radius 1 is 1.12 bits per heavy atom. The molecule has 2 aromatic carbocycles. The Balaban J connectivity index is 1.54. The van der Waals surface area contributed by atoms with Crippen molar-refractivity contribution in [1.29, 1.82) is 0 Å². The Bertz CT molecular complexity index is 971. The monoisotopic (exact) mass is 332 g/mol. The first-order chi connectivity index (χ1) is 12.2. The third-order valence-corrected chi connectivity index (χ3v) is 4.76. The molecule has 1 heterocycles. The zero-order chi connectivity index (χ0) is 17.2. The molecule has 0 bridgehead atoms. The molecule has 126 valence electrons. The van der Waals surface area contributed by atoms with Crippen LogP contribution in [0.25, 0.3) is 10.8 Å². The van der Waals surface area contributed by atoms with Crippen LogP contribution >= 0.6 is 0 Å². The van der Waals surface area contributed by atoms with Gasteiger partial charge in [-0.25, -0.2) is 5.43 Å². The second-order valence-electron chi connectivity index (χ2n) is 6.44. The molecule has 5 nitrogen and oxygen atoms in total. The summed E-state index contributed by atoms with van der Waals surface area (Å²) in [5, 5.41) is 13.8. The highest BCUT2D eigenvalue weighted by molar-refractivity contribution is 6.03. The van der Waals surface area contributed by atoms with E-state index in [9.17, 15) is 4.79 Å². The highest BCUT2D eigenvalue weighted by atomic mass is 16.2. The molecule has 1 aromatic heterocycles. The number of hydrogen-bond acceptors (Lipinski definition) is 3. The summed E-state index contributed by atoms with van der Waals surface area (Å²) in [4.78, 5) is 12.4. The molecule has 0 radical (unpaired) electrons. The van der Waals surface area contributed by atoms with E-state index in [1.807, 2.05) is 25.1 Å². The molecule has 2 N–H and O–H groups in total. The van der Waals surface area contributed by atoms with Crippen LogP contribution in [-0.4, -0.2) is 21.8 Å². The highest BCUT2D eigenvalue weighted by Gasteiger charge is 2.21. The summed E-state index contributed by atoms with van der Waals surface area (Å²) in [5.41, 5.74) is 7.01. The van der Waals surface area contributed by atoms with E-state index >= 15 is 0 Å². The Morgan fingerprint density at radius 2 is 1.92 bits per heavy atom. The van der Waals surface area contributed by atoms with E-state index in [1.165, 1.54) is 5.39 Å². The maximum atomic E-state index is 12.4. The molecule has 0 atom stereocenters. The van der Waals surface area contributed by atoms with Gasteiger partial charge in [-0.1, -0.05) is 36.4 Å². The minimum absolute atomic E-state index is 0.250. The summed E-state index contributed by atoms with van der Waals surface area (Å²) in [6.45, 7) is 1.89. The summed E-state index contributed by atoms with van der Waals surface area (Å²) in [7, 11) is 0. The fourth-order valence-electron chi connectivity index (χ4n) is 3.34.